The fourth-order valence-electron chi connectivity index (χ4n) is 2.62. The van der Waals surface area contributed by atoms with Crippen molar-refractivity contribution in [2.45, 2.75) is 33.6 Å². The zero-order chi connectivity index (χ0) is 14.5. The molecule has 0 atom stereocenters. The predicted molar refractivity (Wildman–Crippen MR) is 86.4 cm³/mol. The Hall–Kier alpha value is -1.00. The maximum Gasteiger partial charge on any atom is 0.175 e. The molecule has 0 saturated carbocycles. The minimum absolute atomic E-state index is 0.0328. The van der Waals surface area contributed by atoms with Gasteiger partial charge in [0.25, 0.3) is 0 Å². The Balaban J connectivity index is 2.05. The summed E-state index contributed by atoms with van der Waals surface area (Å²) in [5, 5.41) is 0.955. The first kappa shape index (κ1) is 14.0. The van der Waals surface area contributed by atoms with Crippen molar-refractivity contribution in [3.8, 4) is 10.6 Å². The van der Waals surface area contributed by atoms with Crippen molar-refractivity contribution in [1.82, 2.24) is 4.98 Å². The third-order valence-corrected chi connectivity index (χ3v) is 5.72. The number of fused-ring (bicyclic) bond motifs is 1. The lowest BCUT2D eigenvalue weighted by molar-refractivity contribution is 0.0916. The standard InChI is InChI=1S/C16H16BrNOS/c1-9-6-10(4-5-11(9)17)15-18-12-7-16(2,3)8-13(19)14(12)20-15/h4-6H,7-8H2,1-3H3. The lowest BCUT2D eigenvalue weighted by atomic mass is 9.78. The molecule has 0 bridgehead atoms. The fourth-order valence-corrected chi connectivity index (χ4v) is 3.88. The Kier molecular flexibility index (Phi) is 3.33. The van der Waals surface area contributed by atoms with Gasteiger partial charge < -0.3 is 0 Å². The number of rotatable bonds is 1. The van der Waals surface area contributed by atoms with E-state index in [9.17, 15) is 4.79 Å². The zero-order valence-electron chi connectivity index (χ0n) is 11.8. The van der Waals surface area contributed by atoms with Crippen LogP contribution in [0.1, 0.15) is 41.2 Å². The second kappa shape index (κ2) is 4.78. The van der Waals surface area contributed by atoms with Crippen LogP contribution in [-0.2, 0) is 6.42 Å². The molecule has 3 rings (SSSR count). The number of thiazole rings is 1. The second-order valence-electron chi connectivity index (χ2n) is 6.20. The van der Waals surface area contributed by atoms with Gasteiger partial charge in [-0.05, 0) is 36.5 Å². The number of Topliss-reactive ketones (excluding diaryl/α,β-unsaturated/α-hetero) is 1. The van der Waals surface area contributed by atoms with Crippen LogP contribution in [-0.4, -0.2) is 10.8 Å². The van der Waals surface area contributed by atoms with Crippen LogP contribution in [0, 0.1) is 12.3 Å². The normalized spacial score (nSPS) is 17.1. The number of ketones is 1. The monoisotopic (exact) mass is 349 g/mol. The van der Waals surface area contributed by atoms with Crippen molar-refractivity contribution in [3.05, 3.63) is 38.8 Å². The first-order valence-electron chi connectivity index (χ1n) is 6.65. The summed E-state index contributed by atoms with van der Waals surface area (Å²) in [7, 11) is 0. The largest absolute Gasteiger partial charge is 0.293 e. The molecule has 104 valence electrons. The van der Waals surface area contributed by atoms with Crippen molar-refractivity contribution in [3.63, 3.8) is 0 Å². The topological polar surface area (TPSA) is 30.0 Å². The minimum atomic E-state index is 0.0328. The smallest absolute Gasteiger partial charge is 0.175 e. The number of halogens is 1. The van der Waals surface area contributed by atoms with E-state index in [1.54, 1.807) is 0 Å². The lowest BCUT2D eigenvalue weighted by Crippen LogP contribution is -2.25. The van der Waals surface area contributed by atoms with Crippen LogP contribution >= 0.6 is 27.3 Å². The van der Waals surface area contributed by atoms with Crippen LogP contribution in [0.15, 0.2) is 22.7 Å². The summed E-state index contributed by atoms with van der Waals surface area (Å²) in [5.74, 6) is 0.244. The molecule has 0 fully saturated rings. The van der Waals surface area contributed by atoms with Gasteiger partial charge in [-0.3, -0.25) is 4.79 Å². The van der Waals surface area contributed by atoms with E-state index in [0.717, 1.165) is 32.0 Å². The van der Waals surface area contributed by atoms with Gasteiger partial charge in [0.2, 0.25) is 0 Å². The van der Waals surface area contributed by atoms with Crippen molar-refractivity contribution < 1.29 is 4.79 Å². The van der Waals surface area contributed by atoms with E-state index in [0.29, 0.717) is 6.42 Å². The molecule has 1 aliphatic rings. The number of hydrogen-bond donors (Lipinski definition) is 0. The Labute approximate surface area is 131 Å². The number of carbonyl (C=O) groups excluding carboxylic acids is 1. The number of hydrogen-bond acceptors (Lipinski definition) is 3. The van der Waals surface area contributed by atoms with Crippen LogP contribution in [0.4, 0.5) is 0 Å². The molecule has 1 aliphatic carbocycles. The highest BCUT2D eigenvalue weighted by atomic mass is 79.9. The molecule has 1 aromatic carbocycles. The molecule has 1 heterocycles. The third kappa shape index (κ3) is 2.47. The molecule has 0 amide bonds. The summed E-state index contributed by atoms with van der Waals surface area (Å²) in [6.45, 7) is 6.34. The first-order chi connectivity index (χ1) is 9.35. The van der Waals surface area contributed by atoms with Gasteiger partial charge in [-0.2, -0.15) is 0 Å². The number of carbonyl (C=O) groups is 1. The highest BCUT2D eigenvalue weighted by Crippen LogP contribution is 2.39. The van der Waals surface area contributed by atoms with Gasteiger partial charge in [0.15, 0.2) is 5.78 Å². The van der Waals surface area contributed by atoms with E-state index >= 15 is 0 Å². The molecule has 0 N–H and O–H groups in total. The van der Waals surface area contributed by atoms with Crippen LogP contribution < -0.4 is 0 Å². The maximum atomic E-state index is 12.2. The van der Waals surface area contributed by atoms with Crippen LogP contribution in [0.3, 0.4) is 0 Å². The lowest BCUT2D eigenvalue weighted by Gasteiger charge is -2.26. The zero-order valence-corrected chi connectivity index (χ0v) is 14.2. The van der Waals surface area contributed by atoms with Gasteiger partial charge in [-0.1, -0.05) is 35.8 Å². The van der Waals surface area contributed by atoms with Crippen LogP contribution in [0.25, 0.3) is 10.6 Å². The molecular weight excluding hydrogens is 334 g/mol. The highest BCUT2D eigenvalue weighted by molar-refractivity contribution is 9.10. The summed E-state index contributed by atoms with van der Waals surface area (Å²) >= 11 is 5.05. The van der Waals surface area contributed by atoms with Gasteiger partial charge in [-0.15, -0.1) is 11.3 Å². The van der Waals surface area contributed by atoms with Gasteiger partial charge in [0, 0.05) is 16.5 Å². The van der Waals surface area contributed by atoms with Gasteiger partial charge in [0.1, 0.15) is 5.01 Å². The molecule has 0 unspecified atom stereocenters. The Morgan fingerprint density at radius 2 is 2.05 bits per heavy atom. The third-order valence-electron chi connectivity index (χ3n) is 3.64. The predicted octanol–water partition coefficient (Wildman–Crippen LogP) is 5.04. The SMILES string of the molecule is Cc1cc(-c2nc3c(s2)C(=O)CC(C)(C)C3)ccc1Br. The van der Waals surface area contributed by atoms with Crippen molar-refractivity contribution in [1.29, 1.82) is 0 Å². The summed E-state index contributed by atoms with van der Waals surface area (Å²) in [6.07, 6.45) is 1.51. The maximum absolute atomic E-state index is 12.2. The van der Waals surface area contributed by atoms with Crippen molar-refractivity contribution in [2.24, 2.45) is 5.41 Å². The van der Waals surface area contributed by atoms with Crippen molar-refractivity contribution >= 4 is 33.0 Å². The number of aromatic nitrogens is 1. The molecule has 20 heavy (non-hydrogen) atoms. The van der Waals surface area contributed by atoms with E-state index in [4.69, 9.17) is 4.98 Å². The van der Waals surface area contributed by atoms with Gasteiger partial charge >= 0.3 is 0 Å². The molecule has 0 radical (unpaired) electrons. The second-order valence-corrected chi connectivity index (χ2v) is 8.05. The summed E-state index contributed by atoms with van der Waals surface area (Å²) in [4.78, 5) is 17.8. The fraction of sp³-hybridized carbons (Fsp3) is 0.375. The molecule has 4 heteroatoms. The van der Waals surface area contributed by atoms with Gasteiger partial charge in [-0.25, -0.2) is 4.98 Å². The molecule has 0 saturated heterocycles. The summed E-state index contributed by atoms with van der Waals surface area (Å²) < 4.78 is 1.10. The number of nitrogens with zero attached hydrogens (tertiary/aromatic N) is 1. The average Bonchev–Trinajstić information content (AvgIpc) is 2.75. The minimum Gasteiger partial charge on any atom is -0.293 e. The van der Waals surface area contributed by atoms with E-state index in [2.05, 4.69) is 48.8 Å². The molecule has 2 aromatic rings. The van der Waals surface area contributed by atoms with E-state index in [1.807, 2.05) is 6.07 Å². The summed E-state index contributed by atoms with van der Waals surface area (Å²) in [5.41, 5.74) is 3.29. The number of aryl methyl sites for hydroxylation is 1. The molecule has 0 aliphatic heterocycles. The average molecular weight is 350 g/mol. The number of benzene rings is 1. The molecule has 0 spiro atoms. The quantitative estimate of drug-likeness (QED) is 0.722. The van der Waals surface area contributed by atoms with Crippen LogP contribution in [0.2, 0.25) is 0 Å². The van der Waals surface area contributed by atoms with E-state index < -0.39 is 0 Å². The molecular formula is C16H16BrNOS. The van der Waals surface area contributed by atoms with Gasteiger partial charge in [0.05, 0.1) is 10.6 Å². The Morgan fingerprint density at radius 1 is 1.30 bits per heavy atom. The van der Waals surface area contributed by atoms with E-state index in [-0.39, 0.29) is 11.2 Å². The molecule has 2 nitrogen and oxygen atoms in total. The summed E-state index contributed by atoms with van der Waals surface area (Å²) in [6, 6.07) is 6.21. The molecule has 1 aromatic heterocycles. The van der Waals surface area contributed by atoms with E-state index in [1.165, 1.54) is 16.9 Å². The Morgan fingerprint density at radius 3 is 2.75 bits per heavy atom. The Bertz CT molecular complexity index is 702. The highest BCUT2D eigenvalue weighted by Gasteiger charge is 2.33. The first-order valence-corrected chi connectivity index (χ1v) is 8.26. The van der Waals surface area contributed by atoms with Crippen LogP contribution in [0.5, 0.6) is 0 Å². The van der Waals surface area contributed by atoms with Crippen molar-refractivity contribution in [2.75, 3.05) is 0 Å².